The molecule has 2 N–H and O–H groups in total. The zero-order chi connectivity index (χ0) is 13.3. The Morgan fingerprint density at radius 2 is 1.56 bits per heavy atom. The van der Waals surface area contributed by atoms with Crippen molar-refractivity contribution < 1.29 is 8.78 Å². The van der Waals surface area contributed by atoms with Gasteiger partial charge in [0.05, 0.1) is 0 Å². The molecule has 0 aliphatic heterocycles. The number of nitrogen functional groups attached to an aromatic ring is 1. The van der Waals surface area contributed by atoms with E-state index in [4.69, 9.17) is 5.73 Å². The van der Waals surface area contributed by atoms with Crippen LogP contribution in [0.5, 0.6) is 0 Å². The summed E-state index contributed by atoms with van der Waals surface area (Å²) in [7, 11) is 0. The fourth-order valence-electron chi connectivity index (χ4n) is 1.96. The molecule has 0 amide bonds. The first-order valence-corrected chi connectivity index (χ1v) is 5.85. The molecule has 0 radical (unpaired) electrons. The van der Waals surface area contributed by atoms with E-state index in [1.54, 1.807) is 36.4 Å². The second kappa shape index (κ2) is 4.77. The smallest absolute Gasteiger partial charge is 0.167 e. The summed E-state index contributed by atoms with van der Waals surface area (Å²) < 4.78 is 28.0. The van der Waals surface area contributed by atoms with E-state index in [9.17, 15) is 8.78 Å². The topological polar surface area (TPSA) is 26.0 Å². The van der Waals surface area contributed by atoms with Crippen LogP contribution in [0.15, 0.2) is 36.4 Å². The van der Waals surface area contributed by atoms with Gasteiger partial charge in [0.2, 0.25) is 0 Å². The lowest BCUT2D eigenvalue weighted by Gasteiger charge is -2.12. The molecule has 2 aromatic carbocycles. The quantitative estimate of drug-likeness (QED) is 0.785. The van der Waals surface area contributed by atoms with Crippen molar-refractivity contribution in [1.82, 2.24) is 0 Å². The molecule has 0 bridgehead atoms. The second-order valence-corrected chi connectivity index (χ2v) is 4.57. The molecule has 94 valence electrons. The predicted molar refractivity (Wildman–Crippen MR) is 70.3 cm³/mol. The summed E-state index contributed by atoms with van der Waals surface area (Å²) in [6.07, 6.45) is 0. The van der Waals surface area contributed by atoms with Crippen LogP contribution >= 0.6 is 0 Å². The van der Waals surface area contributed by atoms with Crippen molar-refractivity contribution >= 4 is 5.69 Å². The molecule has 0 atom stereocenters. The highest BCUT2D eigenvalue weighted by atomic mass is 19.2. The van der Waals surface area contributed by atoms with Gasteiger partial charge in [0, 0.05) is 16.8 Å². The van der Waals surface area contributed by atoms with Crippen LogP contribution in [0.1, 0.15) is 25.3 Å². The van der Waals surface area contributed by atoms with Gasteiger partial charge in [-0.25, -0.2) is 8.78 Å². The Morgan fingerprint density at radius 1 is 0.889 bits per heavy atom. The second-order valence-electron chi connectivity index (χ2n) is 4.57. The lowest BCUT2D eigenvalue weighted by atomic mass is 9.96. The molecular weight excluding hydrogens is 232 g/mol. The van der Waals surface area contributed by atoms with Crippen molar-refractivity contribution in [2.24, 2.45) is 0 Å². The Morgan fingerprint density at radius 3 is 2.17 bits per heavy atom. The zero-order valence-corrected chi connectivity index (χ0v) is 10.4. The van der Waals surface area contributed by atoms with Crippen molar-refractivity contribution in [3.8, 4) is 11.1 Å². The molecule has 0 saturated heterocycles. The first-order chi connectivity index (χ1) is 8.52. The minimum absolute atomic E-state index is 0.0540. The number of hydrogen-bond acceptors (Lipinski definition) is 1. The van der Waals surface area contributed by atoms with Gasteiger partial charge in [0.1, 0.15) is 0 Å². The van der Waals surface area contributed by atoms with E-state index in [0.29, 0.717) is 16.8 Å². The van der Waals surface area contributed by atoms with E-state index < -0.39 is 11.6 Å². The predicted octanol–water partition coefficient (Wildman–Crippen LogP) is 4.34. The van der Waals surface area contributed by atoms with E-state index in [1.807, 2.05) is 13.8 Å². The third-order valence-corrected chi connectivity index (χ3v) is 2.99. The Bertz CT molecular complexity index is 577. The van der Waals surface area contributed by atoms with Gasteiger partial charge < -0.3 is 5.73 Å². The molecule has 0 heterocycles. The van der Waals surface area contributed by atoms with Gasteiger partial charge in [-0.1, -0.05) is 44.2 Å². The number of anilines is 1. The SMILES string of the molecule is CC(C)c1ccc(-c2ccccc2N)c(F)c1F. The molecule has 3 heteroatoms. The number of benzene rings is 2. The molecule has 2 rings (SSSR count). The number of para-hydroxylation sites is 1. The Balaban J connectivity index is 2.61. The van der Waals surface area contributed by atoms with E-state index in [-0.39, 0.29) is 11.5 Å². The number of rotatable bonds is 2. The monoisotopic (exact) mass is 247 g/mol. The van der Waals surface area contributed by atoms with Gasteiger partial charge in [-0.05, 0) is 17.5 Å². The maximum absolute atomic E-state index is 14.1. The number of hydrogen-bond donors (Lipinski definition) is 1. The largest absolute Gasteiger partial charge is 0.398 e. The highest BCUT2D eigenvalue weighted by Gasteiger charge is 2.17. The molecule has 0 aromatic heterocycles. The van der Waals surface area contributed by atoms with Crippen molar-refractivity contribution in [3.63, 3.8) is 0 Å². The summed E-state index contributed by atoms with van der Waals surface area (Å²) >= 11 is 0. The van der Waals surface area contributed by atoms with Gasteiger partial charge in [-0.3, -0.25) is 0 Å². The maximum Gasteiger partial charge on any atom is 0.167 e. The molecule has 0 spiro atoms. The third kappa shape index (κ3) is 2.08. The highest BCUT2D eigenvalue weighted by molar-refractivity contribution is 5.76. The van der Waals surface area contributed by atoms with Crippen LogP contribution in [-0.4, -0.2) is 0 Å². The van der Waals surface area contributed by atoms with Crippen LogP contribution in [-0.2, 0) is 0 Å². The van der Waals surface area contributed by atoms with Crippen LogP contribution in [0.3, 0.4) is 0 Å². The minimum Gasteiger partial charge on any atom is -0.398 e. The summed E-state index contributed by atoms with van der Waals surface area (Å²) in [6.45, 7) is 3.66. The average Bonchev–Trinajstić information content (AvgIpc) is 2.33. The molecule has 18 heavy (non-hydrogen) atoms. The molecular formula is C15H15F2N. The average molecular weight is 247 g/mol. The first-order valence-electron chi connectivity index (χ1n) is 5.85. The fourth-order valence-corrected chi connectivity index (χ4v) is 1.96. The lowest BCUT2D eigenvalue weighted by Crippen LogP contribution is -2.00. The Kier molecular flexibility index (Phi) is 3.32. The molecule has 0 aliphatic carbocycles. The normalized spacial score (nSPS) is 10.9. The van der Waals surface area contributed by atoms with E-state index in [1.165, 1.54) is 0 Å². The number of halogens is 2. The standard InChI is InChI=1S/C15H15F2N/c1-9(2)10-7-8-12(15(17)14(10)16)11-5-3-4-6-13(11)18/h3-9H,18H2,1-2H3. The van der Waals surface area contributed by atoms with Crippen molar-refractivity contribution in [3.05, 3.63) is 53.6 Å². The van der Waals surface area contributed by atoms with Crippen molar-refractivity contribution in [2.45, 2.75) is 19.8 Å². The van der Waals surface area contributed by atoms with Crippen LogP contribution in [0.2, 0.25) is 0 Å². The summed E-state index contributed by atoms with van der Waals surface area (Å²) in [6, 6.07) is 10.1. The Labute approximate surface area is 105 Å². The lowest BCUT2D eigenvalue weighted by molar-refractivity contribution is 0.496. The molecule has 0 fully saturated rings. The van der Waals surface area contributed by atoms with Gasteiger partial charge >= 0.3 is 0 Å². The third-order valence-electron chi connectivity index (χ3n) is 2.99. The molecule has 0 unspecified atom stereocenters. The van der Waals surface area contributed by atoms with Gasteiger partial charge in [-0.2, -0.15) is 0 Å². The van der Waals surface area contributed by atoms with Gasteiger partial charge in [-0.15, -0.1) is 0 Å². The summed E-state index contributed by atoms with van der Waals surface area (Å²) in [5, 5.41) is 0. The highest BCUT2D eigenvalue weighted by Crippen LogP contribution is 2.32. The van der Waals surface area contributed by atoms with Crippen LogP contribution in [0, 0.1) is 11.6 Å². The first kappa shape index (κ1) is 12.6. The summed E-state index contributed by atoms with van der Waals surface area (Å²) in [5.41, 5.74) is 7.32. The maximum atomic E-state index is 14.1. The van der Waals surface area contributed by atoms with Crippen molar-refractivity contribution in [1.29, 1.82) is 0 Å². The van der Waals surface area contributed by atoms with E-state index >= 15 is 0 Å². The molecule has 2 aromatic rings. The minimum atomic E-state index is -0.834. The van der Waals surface area contributed by atoms with Crippen LogP contribution < -0.4 is 5.73 Å². The van der Waals surface area contributed by atoms with E-state index in [2.05, 4.69) is 0 Å². The summed E-state index contributed by atoms with van der Waals surface area (Å²) in [4.78, 5) is 0. The van der Waals surface area contributed by atoms with Crippen LogP contribution in [0.4, 0.5) is 14.5 Å². The molecule has 0 aliphatic rings. The summed E-state index contributed by atoms with van der Waals surface area (Å²) in [5.74, 6) is -1.67. The van der Waals surface area contributed by atoms with Gasteiger partial charge in [0.15, 0.2) is 11.6 Å². The molecule has 0 saturated carbocycles. The zero-order valence-electron chi connectivity index (χ0n) is 10.4. The van der Waals surface area contributed by atoms with Crippen molar-refractivity contribution in [2.75, 3.05) is 5.73 Å². The Hall–Kier alpha value is -1.90. The van der Waals surface area contributed by atoms with Gasteiger partial charge in [0.25, 0.3) is 0 Å². The van der Waals surface area contributed by atoms with Crippen LogP contribution in [0.25, 0.3) is 11.1 Å². The van der Waals surface area contributed by atoms with E-state index in [0.717, 1.165) is 0 Å². The molecule has 1 nitrogen and oxygen atoms in total. The fraction of sp³-hybridized carbons (Fsp3) is 0.200. The number of nitrogens with two attached hydrogens (primary N) is 1.